The Hall–Kier alpha value is -2.64. The second kappa shape index (κ2) is 7.54. The monoisotopic (exact) mass is 400 g/mol. The van der Waals surface area contributed by atoms with Crippen molar-refractivity contribution in [2.45, 2.75) is 18.7 Å². The van der Waals surface area contributed by atoms with Crippen molar-refractivity contribution < 1.29 is 13.2 Å². The third-order valence-corrected chi connectivity index (χ3v) is 7.06. The van der Waals surface area contributed by atoms with Crippen molar-refractivity contribution in [2.75, 3.05) is 16.7 Å². The van der Waals surface area contributed by atoms with Crippen LogP contribution in [0.2, 0.25) is 0 Å². The number of para-hydroxylation sites is 1. The molecule has 1 aromatic heterocycles. The van der Waals surface area contributed by atoms with Crippen LogP contribution in [0.4, 0.5) is 11.4 Å². The van der Waals surface area contributed by atoms with Gasteiger partial charge in [-0.1, -0.05) is 30.3 Å². The molecule has 3 aromatic rings. The lowest BCUT2D eigenvalue weighted by atomic mass is 10.2. The summed E-state index contributed by atoms with van der Waals surface area (Å²) in [6.07, 6.45) is 0. The minimum Gasteiger partial charge on any atom is -0.321 e. The summed E-state index contributed by atoms with van der Waals surface area (Å²) >= 11 is 1.11. The number of hydrogen-bond donors (Lipinski definition) is 1. The lowest BCUT2D eigenvalue weighted by molar-refractivity contribution is 0.103. The number of aryl methyl sites for hydroxylation is 2. The number of hydrogen-bond acceptors (Lipinski definition) is 4. The summed E-state index contributed by atoms with van der Waals surface area (Å²) in [5.41, 5.74) is 3.19. The van der Waals surface area contributed by atoms with Crippen molar-refractivity contribution >= 4 is 38.6 Å². The molecule has 0 bridgehead atoms. The normalized spacial score (nSPS) is 11.2. The van der Waals surface area contributed by atoms with E-state index >= 15 is 0 Å². The first-order valence-electron chi connectivity index (χ1n) is 8.30. The van der Waals surface area contributed by atoms with Crippen molar-refractivity contribution in [2.24, 2.45) is 0 Å². The number of carbonyl (C=O) groups excluding carboxylic acids is 1. The van der Waals surface area contributed by atoms with E-state index in [1.807, 2.05) is 50.2 Å². The maximum Gasteiger partial charge on any atom is 0.265 e. The minimum absolute atomic E-state index is 0.103. The molecule has 7 heteroatoms. The second-order valence-corrected chi connectivity index (χ2v) is 9.11. The summed E-state index contributed by atoms with van der Waals surface area (Å²) in [7, 11) is -2.23. The number of nitrogens with one attached hydrogen (secondary N) is 1. The Labute approximate surface area is 163 Å². The quantitative estimate of drug-likeness (QED) is 0.688. The first-order valence-corrected chi connectivity index (χ1v) is 10.6. The third kappa shape index (κ3) is 4.04. The highest BCUT2D eigenvalue weighted by Gasteiger charge is 2.24. The summed E-state index contributed by atoms with van der Waals surface area (Å²) < 4.78 is 27.0. The van der Waals surface area contributed by atoms with Crippen LogP contribution < -0.4 is 9.62 Å². The minimum atomic E-state index is -3.74. The maximum absolute atomic E-state index is 12.9. The number of rotatable bonds is 5. The highest BCUT2D eigenvalue weighted by molar-refractivity contribution is 7.93. The largest absolute Gasteiger partial charge is 0.321 e. The van der Waals surface area contributed by atoms with Crippen LogP contribution in [0, 0.1) is 13.8 Å². The Kier molecular flexibility index (Phi) is 5.34. The van der Waals surface area contributed by atoms with Crippen LogP contribution in [0.5, 0.6) is 0 Å². The molecule has 0 saturated carbocycles. The van der Waals surface area contributed by atoms with E-state index < -0.39 is 10.0 Å². The van der Waals surface area contributed by atoms with Crippen molar-refractivity contribution in [1.82, 2.24) is 0 Å². The molecule has 0 aliphatic carbocycles. The first-order chi connectivity index (χ1) is 12.8. The molecule has 1 amide bonds. The highest BCUT2D eigenvalue weighted by atomic mass is 32.2. The van der Waals surface area contributed by atoms with Crippen LogP contribution in [0.3, 0.4) is 0 Å². The van der Waals surface area contributed by atoms with Crippen molar-refractivity contribution in [1.29, 1.82) is 0 Å². The third-order valence-electron chi connectivity index (χ3n) is 4.22. The molecule has 5 nitrogen and oxygen atoms in total. The van der Waals surface area contributed by atoms with Gasteiger partial charge in [-0.2, -0.15) is 0 Å². The van der Waals surface area contributed by atoms with Crippen molar-refractivity contribution in [3.05, 3.63) is 76.0 Å². The van der Waals surface area contributed by atoms with Gasteiger partial charge >= 0.3 is 0 Å². The Morgan fingerprint density at radius 2 is 1.78 bits per heavy atom. The fraction of sp³-hybridized carbons (Fsp3) is 0.150. The number of thiophene rings is 1. The average Bonchev–Trinajstić information content (AvgIpc) is 3.14. The lowest BCUT2D eigenvalue weighted by Gasteiger charge is -2.19. The van der Waals surface area contributed by atoms with Crippen LogP contribution in [0.25, 0.3) is 0 Å². The van der Waals surface area contributed by atoms with Gasteiger partial charge in [0.1, 0.15) is 0 Å². The van der Waals surface area contributed by atoms with E-state index in [0.717, 1.165) is 22.5 Å². The van der Waals surface area contributed by atoms with Gasteiger partial charge < -0.3 is 5.32 Å². The number of carbonyl (C=O) groups is 1. The van der Waals surface area contributed by atoms with E-state index in [9.17, 15) is 13.2 Å². The second-order valence-electron chi connectivity index (χ2n) is 6.23. The van der Waals surface area contributed by atoms with E-state index in [4.69, 9.17) is 0 Å². The van der Waals surface area contributed by atoms with E-state index in [1.54, 1.807) is 12.1 Å². The van der Waals surface area contributed by atoms with Crippen LogP contribution in [0.15, 0.2) is 64.9 Å². The molecule has 3 rings (SSSR count). The Morgan fingerprint density at radius 3 is 2.48 bits per heavy atom. The summed E-state index contributed by atoms with van der Waals surface area (Å²) in [4.78, 5) is 12.9. The fourth-order valence-electron chi connectivity index (χ4n) is 2.59. The number of anilines is 2. The van der Waals surface area contributed by atoms with E-state index in [2.05, 4.69) is 5.32 Å². The molecule has 0 aliphatic rings. The van der Waals surface area contributed by atoms with Gasteiger partial charge in [0.05, 0.1) is 15.5 Å². The average molecular weight is 401 g/mol. The zero-order chi connectivity index (χ0) is 19.6. The fourth-order valence-corrected chi connectivity index (χ4v) is 4.93. The Balaban J connectivity index is 1.84. The summed E-state index contributed by atoms with van der Waals surface area (Å²) in [6.45, 7) is 3.80. The molecule has 2 aromatic carbocycles. The van der Waals surface area contributed by atoms with Gasteiger partial charge in [0.2, 0.25) is 0 Å². The number of sulfonamides is 1. The zero-order valence-electron chi connectivity index (χ0n) is 15.3. The molecule has 0 unspecified atom stereocenters. The standard InChI is InChI=1S/C20H20N2O3S2/c1-14-7-6-9-16(11-14)22(3)27(24,25)17-12-19(26-13-17)20(23)21-18-10-5-4-8-15(18)2/h4-13H,1-3H3,(H,21,23). The molecule has 27 heavy (non-hydrogen) atoms. The Bertz CT molecular complexity index is 1090. The van der Waals surface area contributed by atoms with E-state index in [-0.39, 0.29) is 10.8 Å². The molecular formula is C20H20N2O3S2. The van der Waals surface area contributed by atoms with Crippen molar-refractivity contribution in [3.63, 3.8) is 0 Å². The molecule has 0 spiro atoms. The SMILES string of the molecule is Cc1cccc(N(C)S(=O)(=O)c2csc(C(=O)Nc3ccccc3C)c2)c1. The first kappa shape index (κ1) is 19.1. The van der Waals surface area contributed by atoms with Crippen molar-refractivity contribution in [3.8, 4) is 0 Å². The molecular weight excluding hydrogens is 380 g/mol. The maximum atomic E-state index is 12.9. The van der Waals surface area contributed by atoms with Gasteiger partial charge in [-0.15, -0.1) is 11.3 Å². The van der Waals surface area contributed by atoms with E-state index in [0.29, 0.717) is 16.3 Å². The molecule has 140 valence electrons. The molecule has 0 fully saturated rings. The summed E-state index contributed by atoms with van der Waals surface area (Å²) in [6, 6.07) is 16.1. The molecule has 0 saturated heterocycles. The Morgan fingerprint density at radius 1 is 1.04 bits per heavy atom. The lowest BCUT2D eigenvalue weighted by Crippen LogP contribution is -2.26. The van der Waals surface area contributed by atoms with Crippen LogP contribution >= 0.6 is 11.3 Å². The number of benzene rings is 2. The van der Waals surface area contributed by atoms with Gasteiger partial charge in [0, 0.05) is 18.1 Å². The predicted molar refractivity (Wildman–Crippen MR) is 110 cm³/mol. The van der Waals surface area contributed by atoms with Crippen LogP contribution in [0.1, 0.15) is 20.8 Å². The highest BCUT2D eigenvalue weighted by Crippen LogP contribution is 2.27. The summed E-state index contributed by atoms with van der Waals surface area (Å²) in [5, 5.41) is 4.32. The number of nitrogens with zero attached hydrogens (tertiary/aromatic N) is 1. The van der Waals surface area contributed by atoms with Gasteiger partial charge in [-0.05, 0) is 49.2 Å². The molecule has 1 N–H and O–H groups in total. The molecule has 0 radical (unpaired) electrons. The molecule has 0 atom stereocenters. The van der Waals surface area contributed by atoms with Gasteiger partial charge in [0.25, 0.3) is 15.9 Å². The van der Waals surface area contributed by atoms with Gasteiger partial charge in [-0.3, -0.25) is 9.10 Å². The zero-order valence-corrected chi connectivity index (χ0v) is 16.9. The number of amides is 1. The van der Waals surface area contributed by atoms with Gasteiger partial charge in [-0.25, -0.2) is 8.42 Å². The van der Waals surface area contributed by atoms with Gasteiger partial charge in [0.15, 0.2) is 0 Å². The summed E-state index contributed by atoms with van der Waals surface area (Å²) in [5.74, 6) is -0.325. The molecule has 1 heterocycles. The topological polar surface area (TPSA) is 66.5 Å². The molecule has 0 aliphatic heterocycles. The predicted octanol–water partition coefficient (Wildman–Crippen LogP) is 4.44. The smallest absolute Gasteiger partial charge is 0.265 e. The van der Waals surface area contributed by atoms with Crippen LogP contribution in [-0.4, -0.2) is 21.4 Å². The van der Waals surface area contributed by atoms with Crippen LogP contribution in [-0.2, 0) is 10.0 Å². The van der Waals surface area contributed by atoms with E-state index in [1.165, 1.54) is 22.8 Å².